The van der Waals surface area contributed by atoms with E-state index in [1.54, 1.807) is 0 Å². The predicted molar refractivity (Wildman–Crippen MR) is 41.8 cm³/mol. The number of halogens is 1. The van der Waals surface area contributed by atoms with E-state index < -0.39 is 11.7 Å². The molecule has 0 aliphatic heterocycles. The van der Waals surface area contributed by atoms with Crippen LogP contribution < -0.4 is 5.73 Å². The van der Waals surface area contributed by atoms with E-state index in [2.05, 4.69) is 0 Å². The molecule has 1 nitrogen and oxygen atoms in total. The summed E-state index contributed by atoms with van der Waals surface area (Å²) in [7, 11) is 0. The summed E-state index contributed by atoms with van der Waals surface area (Å²) in [6, 6.07) is 9.42. The molecule has 1 aliphatic rings. The first-order valence-corrected chi connectivity index (χ1v) is 3.72. The third-order valence-electron chi connectivity index (χ3n) is 2.23. The topological polar surface area (TPSA) is 26.0 Å². The van der Waals surface area contributed by atoms with Crippen LogP contribution >= 0.6 is 0 Å². The van der Waals surface area contributed by atoms with E-state index in [1.807, 2.05) is 30.3 Å². The van der Waals surface area contributed by atoms with Gasteiger partial charge in [0.1, 0.15) is 6.17 Å². The molecule has 0 saturated heterocycles. The van der Waals surface area contributed by atoms with Crippen LogP contribution in [0.3, 0.4) is 0 Å². The highest BCUT2D eigenvalue weighted by Gasteiger charge is 2.53. The van der Waals surface area contributed by atoms with Gasteiger partial charge in [-0.3, -0.25) is 0 Å². The summed E-state index contributed by atoms with van der Waals surface area (Å²) in [5.41, 5.74) is 5.98. The Labute approximate surface area is 65.0 Å². The minimum absolute atomic E-state index is 0.469. The lowest BCUT2D eigenvalue weighted by molar-refractivity contribution is 0.425. The first-order chi connectivity index (χ1) is 5.23. The number of nitrogens with two attached hydrogens (primary N) is 1. The summed E-state index contributed by atoms with van der Waals surface area (Å²) in [5, 5.41) is 0. The van der Waals surface area contributed by atoms with Gasteiger partial charge in [-0.1, -0.05) is 30.3 Å². The number of alkyl halides is 1. The second-order valence-corrected chi connectivity index (χ2v) is 3.08. The quantitative estimate of drug-likeness (QED) is 0.648. The Morgan fingerprint density at radius 1 is 1.36 bits per heavy atom. The van der Waals surface area contributed by atoms with Gasteiger partial charge < -0.3 is 5.73 Å². The highest BCUT2D eigenvalue weighted by atomic mass is 19.1. The molecule has 0 unspecified atom stereocenters. The molecule has 1 aromatic rings. The summed E-state index contributed by atoms with van der Waals surface area (Å²) < 4.78 is 12.7. The van der Waals surface area contributed by atoms with Crippen LogP contribution in [0.15, 0.2) is 30.3 Å². The molecular formula is C9H10FN. The van der Waals surface area contributed by atoms with E-state index in [9.17, 15) is 4.39 Å². The Bertz CT molecular complexity index is 260. The zero-order valence-corrected chi connectivity index (χ0v) is 6.13. The van der Waals surface area contributed by atoms with Gasteiger partial charge in [-0.05, 0) is 5.56 Å². The molecule has 2 N–H and O–H groups in total. The highest BCUT2D eigenvalue weighted by molar-refractivity contribution is 5.32. The van der Waals surface area contributed by atoms with Gasteiger partial charge in [0.15, 0.2) is 0 Å². The summed E-state index contributed by atoms with van der Waals surface area (Å²) in [6.45, 7) is 0. The second kappa shape index (κ2) is 2.05. The molecule has 0 heterocycles. The maximum absolute atomic E-state index is 12.7. The molecule has 11 heavy (non-hydrogen) atoms. The van der Waals surface area contributed by atoms with Gasteiger partial charge in [0.25, 0.3) is 0 Å². The molecule has 2 rings (SSSR count). The Balaban J connectivity index is 2.32. The molecule has 0 amide bonds. The molecule has 58 valence electrons. The van der Waals surface area contributed by atoms with Crippen LogP contribution in [-0.2, 0) is 5.54 Å². The van der Waals surface area contributed by atoms with Crippen molar-refractivity contribution in [3.05, 3.63) is 35.9 Å². The van der Waals surface area contributed by atoms with Crippen molar-refractivity contribution in [2.24, 2.45) is 5.73 Å². The van der Waals surface area contributed by atoms with Crippen LogP contribution in [0.2, 0.25) is 0 Å². The lowest BCUT2D eigenvalue weighted by Gasteiger charge is -2.07. The summed E-state index contributed by atoms with van der Waals surface area (Å²) >= 11 is 0. The lowest BCUT2D eigenvalue weighted by Crippen LogP contribution is -2.22. The van der Waals surface area contributed by atoms with Crippen molar-refractivity contribution in [1.29, 1.82) is 0 Å². The van der Waals surface area contributed by atoms with Crippen LogP contribution in [0.4, 0.5) is 4.39 Å². The van der Waals surface area contributed by atoms with Crippen molar-refractivity contribution >= 4 is 0 Å². The first kappa shape index (κ1) is 6.80. The van der Waals surface area contributed by atoms with E-state index in [-0.39, 0.29) is 0 Å². The third-order valence-corrected chi connectivity index (χ3v) is 2.23. The smallest absolute Gasteiger partial charge is 0.124 e. The number of rotatable bonds is 1. The Hall–Kier alpha value is -0.890. The highest BCUT2D eigenvalue weighted by Crippen LogP contribution is 2.45. The van der Waals surface area contributed by atoms with Crippen molar-refractivity contribution in [3.8, 4) is 0 Å². The maximum atomic E-state index is 12.7. The van der Waals surface area contributed by atoms with Crippen molar-refractivity contribution in [2.75, 3.05) is 0 Å². The fourth-order valence-electron chi connectivity index (χ4n) is 1.28. The Morgan fingerprint density at radius 3 is 2.36 bits per heavy atom. The largest absolute Gasteiger partial charge is 0.319 e. The molecule has 0 radical (unpaired) electrons. The third kappa shape index (κ3) is 0.942. The van der Waals surface area contributed by atoms with Gasteiger partial charge in [-0.15, -0.1) is 0 Å². The molecule has 0 spiro atoms. The van der Waals surface area contributed by atoms with Crippen LogP contribution in [0.1, 0.15) is 12.0 Å². The number of benzene rings is 1. The monoisotopic (exact) mass is 151 g/mol. The molecule has 1 aliphatic carbocycles. The van der Waals surface area contributed by atoms with Crippen molar-refractivity contribution in [3.63, 3.8) is 0 Å². The summed E-state index contributed by atoms with van der Waals surface area (Å²) in [6.07, 6.45) is -0.373. The molecule has 1 fully saturated rings. The average molecular weight is 151 g/mol. The number of hydrogen-bond acceptors (Lipinski definition) is 1. The van der Waals surface area contributed by atoms with Crippen LogP contribution in [-0.4, -0.2) is 6.17 Å². The van der Waals surface area contributed by atoms with Crippen molar-refractivity contribution in [1.82, 2.24) is 0 Å². The van der Waals surface area contributed by atoms with Crippen molar-refractivity contribution in [2.45, 2.75) is 18.1 Å². The molecule has 2 atom stereocenters. The molecule has 0 aromatic heterocycles. The summed E-state index contributed by atoms with van der Waals surface area (Å²) in [5.74, 6) is 0. The fraction of sp³-hybridized carbons (Fsp3) is 0.333. The van der Waals surface area contributed by atoms with Crippen LogP contribution in [0.25, 0.3) is 0 Å². The Kier molecular flexibility index (Phi) is 1.26. The van der Waals surface area contributed by atoms with Crippen LogP contribution in [0, 0.1) is 0 Å². The fourth-order valence-corrected chi connectivity index (χ4v) is 1.28. The zero-order chi connectivity index (χ0) is 7.90. The van der Waals surface area contributed by atoms with E-state index in [4.69, 9.17) is 5.73 Å². The molecule has 0 bridgehead atoms. The van der Waals surface area contributed by atoms with Gasteiger partial charge in [0, 0.05) is 6.42 Å². The molecule has 1 saturated carbocycles. The minimum Gasteiger partial charge on any atom is -0.319 e. The maximum Gasteiger partial charge on any atom is 0.124 e. The van der Waals surface area contributed by atoms with Gasteiger partial charge in [-0.2, -0.15) is 0 Å². The van der Waals surface area contributed by atoms with Gasteiger partial charge in [0.2, 0.25) is 0 Å². The normalized spacial score (nSPS) is 35.3. The van der Waals surface area contributed by atoms with Crippen LogP contribution in [0.5, 0.6) is 0 Å². The second-order valence-electron chi connectivity index (χ2n) is 3.08. The zero-order valence-electron chi connectivity index (χ0n) is 6.13. The lowest BCUT2D eigenvalue weighted by atomic mass is 10.1. The predicted octanol–water partition coefficient (Wildman–Crippen LogP) is 1.58. The average Bonchev–Trinajstić information content (AvgIpc) is 2.64. The Morgan fingerprint density at radius 2 is 1.91 bits per heavy atom. The molecule has 1 aromatic carbocycles. The van der Waals surface area contributed by atoms with E-state index >= 15 is 0 Å². The van der Waals surface area contributed by atoms with Gasteiger partial charge >= 0.3 is 0 Å². The summed E-state index contributed by atoms with van der Waals surface area (Å²) in [4.78, 5) is 0. The van der Waals surface area contributed by atoms with Crippen molar-refractivity contribution < 1.29 is 4.39 Å². The van der Waals surface area contributed by atoms with E-state index in [0.717, 1.165) is 5.56 Å². The van der Waals surface area contributed by atoms with Gasteiger partial charge in [0.05, 0.1) is 5.54 Å². The minimum atomic E-state index is -0.843. The number of hydrogen-bond donors (Lipinski definition) is 1. The SMILES string of the molecule is N[C@@]1(c2ccccc2)C[C@@H]1F. The molecule has 2 heteroatoms. The van der Waals surface area contributed by atoms with Gasteiger partial charge in [-0.25, -0.2) is 4.39 Å². The standard InChI is InChI=1S/C9H10FN/c10-8-6-9(8,11)7-4-2-1-3-5-7/h1-5,8H,6,11H2/t8-,9+/m0/s1. The van der Waals surface area contributed by atoms with E-state index in [1.165, 1.54) is 0 Å². The first-order valence-electron chi connectivity index (χ1n) is 3.72. The van der Waals surface area contributed by atoms with E-state index in [0.29, 0.717) is 6.42 Å². The molecular weight excluding hydrogens is 141 g/mol.